The summed E-state index contributed by atoms with van der Waals surface area (Å²) in [5, 5.41) is 8.35. The summed E-state index contributed by atoms with van der Waals surface area (Å²) in [5.74, 6) is 0.411. The summed E-state index contributed by atoms with van der Waals surface area (Å²) in [7, 11) is 1.76. The fourth-order valence-electron chi connectivity index (χ4n) is 1.71. The largest absolute Gasteiger partial charge is 0.373 e. The molecule has 0 spiro atoms. The summed E-state index contributed by atoms with van der Waals surface area (Å²) in [4.78, 5) is 27.6. The minimum absolute atomic E-state index is 0.0623. The molecular weight excluding hydrogens is 256 g/mol. The Morgan fingerprint density at radius 3 is 2.55 bits per heavy atom. The van der Waals surface area contributed by atoms with Crippen LogP contribution in [0, 0.1) is 0 Å². The number of hydrogen-bond acceptors (Lipinski definition) is 4. The molecule has 0 aliphatic rings. The van der Waals surface area contributed by atoms with Gasteiger partial charge in [0.05, 0.1) is 0 Å². The van der Waals surface area contributed by atoms with E-state index in [-0.39, 0.29) is 18.2 Å². The van der Waals surface area contributed by atoms with Crippen molar-refractivity contribution in [3.8, 4) is 0 Å². The van der Waals surface area contributed by atoms with Crippen LogP contribution in [0.4, 0.5) is 5.82 Å². The Bertz CT molecular complexity index is 452. The molecule has 0 fully saturated rings. The Morgan fingerprint density at radius 2 is 1.95 bits per heavy atom. The van der Waals surface area contributed by atoms with Crippen LogP contribution in [-0.4, -0.2) is 36.9 Å². The molecule has 6 heteroatoms. The normalized spacial score (nSPS) is 9.95. The van der Waals surface area contributed by atoms with Crippen molar-refractivity contribution in [3.63, 3.8) is 0 Å². The molecule has 0 aliphatic carbocycles. The lowest BCUT2D eigenvalue weighted by molar-refractivity contribution is -0.120. The lowest BCUT2D eigenvalue weighted by atomic mass is 10.2. The maximum Gasteiger partial charge on any atom is 0.251 e. The number of nitrogens with zero attached hydrogens (tertiary/aromatic N) is 1. The van der Waals surface area contributed by atoms with Crippen molar-refractivity contribution in [2.24, 2.45) is 0 Å². The third-order valence-corrected chi connectivity index (χ3v) is 2.77. The predicted molar refractivity (Wildman–Crippen MR) is 78.8 cm³/mol. The van der Waals surface area contributed by atoms with Crippen LogP contribution >= 0.6 is 0 Å². The second-order valence-electron chi connectivity index (χ2n) is 4.30. The van der Waals surface area contributed by atoms with Crippen molar-refractivity contribution < 1.29 is 9.59 Å². The maximum atomic E-state index is 12.0. The van der Waals surface area contributed by atoms with Crippen molar-refractivity contribution in [1.82, 2.24) is 15.6 Å². The third-order valence-electron chi connectivity index (χ3n) is 2.77. The highest BCUT2D eigenvalue weighted by Gasteiger charge is 2.09. The number of aryl methyl sites for hydroxylation is 1. The van der Waals surface area contributed by atoms with E-state index in [0.29, 0.717) is 24.5 Å². The molecule has 6 nitrogen and oxygen atoms in total. The van der Waals surface area contributed by atoms with Crippen molar-refractivity contribution in [3.05, 3.63) is 23.4 Å². The van der Waals surface area contributed by atoms with Crippen molar-refractivity contribution in [2.75, 3.05) is 25.5 Å². The average Bonchev–Trinajstić information content (AvgIpc) is 2.46. The highest BCUT2D eigenvalue weighted by molar-refractivity contribution is 5.95. The van der Waals surface area contributed by atoms with Gasteiger partial charge in [-0.1, -0.05) is 6.92 Å². The Morgan fingerprint density at radius 1 is 1.20 bits per heavy atom. The number of carbonyl (C=O) groups excluding carboxylic acids is 2. The quantitative estimate of drug-likeness (QED) is 0.693. The van der Waals surface area contributed by atoms with E-state index in [0.717, 1.165) is 12.1 Å². The standard InChI is InChI=1S/C14H22N4O2/c1-4-11-8-10(9-12(15-3)18-11)14(20)17-7-6-13(19)16-5-2/h8-9H,4-7H2,1-3H3,(H,15,18)(H,16,19)(H,17,20). The number of amides is 2. The molecule has 0 atom stereocenters. The highest BCUT2D eigenvalue weighted by atomic mass is 16.2. The topological polar surface area (TPSA) is 83.1 Å². The summed E-state index contributed by atoms with van der Waals surface area (Å²) in [5.41, 5.74) is 1.41. The molecule has 0 saturated carbocycles. The van der Waals surface area contributed by atoms with E-state index in [4.69, 9.17) is 0 Å². The van der Waals surface area contributed by atoms with Gasteiger partial charge in [-0.25, -0.2) is 4.98 Å². The van der Waals surface area contributed by atoms with Gasteiger partial charge in [0.15, 0.2) is 0 Å². The summed E-state index contributed by atoms with van der Waals surface area (Å²) in [6.45, 7) is 4.77. The lowest BCUT2D eigenvalue weighted by Crippen LogP contribution is -2.30. The number of aromatic nitrogens is 1. The third kappa shape index (κ3) is 4.87. The Kier molecular flexibility index (Phi) is 6.49. The summed E-state index contributed by atoms with van der Waals surface area (Å²) >= 11 is 0. The van der Waals surface area contributed by atoms with Gasteiger partial charge >= 0.3 is 0 Å². The monoisotopic (exact) mass is 278 g/mol. The van der Waals surface area contributed by atoms with Gasteiger partial charge in [-0.3, -0.25) is 9.59 Å². The average molecular weight is 278 g/mol. The second kappa shape index (κ2) is 8.14. The van der Waals surface area contributed by atoms with Gasteiger partial charge < -0.3 is 16.0 Å². The first-order valence-electron chi connectivity index (χ1n) is 6.84. The van der Waals surface area contributed by atoms with Gasteiger partial charge in [-0.05, 0) is 25.5 Å². The molecule has 1 aromatic rings. The van der Waals surface area contributed by atoms with Gasteiger partial charge in [-0.15, -0.1) is 0 Å². The van der Waals surface area contributed by atoms with E-state index >= 15 is 0 Å². The van der Waals surface area contributed by atoms with Crippen molar-refractivity contribution >= 4 is 17.6 Å². The fraction of sp³-hybridized carbons (Fsp3) is 0.500. The first-order valence-corrected chi connectivity index (χ1v) is 6.84. The zero-order valence-corrected chi connectivity index (χ0v) is 12.2. The number of hydrogen-bond donors (Lipinski definition) is 3. The fourth-order valence-corrected chi connectivity index (χ4v) is 1.71. The van der Waals surface area contributed by atoms with Crippen molar-refractivity contribution in [1.29, 1.82) is 0 Å². The summed E-state index contributed by atoms with van der Waals surface area (Å²) in [6, 6.07) is 3.46. The van der Waals surface area contributed by atoms with Crippen LogP contribution in [0.5, 0.6) is 0 Å². The Hall–Kier alpha value is -2.11. The van der Waals surface area contributed by atoms with Crippen LogP contribution in [0.25, 0.3) is 0 Å². The molecular formula is C14H22N4O2. The van der Waals surface area contributed by atoms with Gasteiger partial charge in [0, 0.05) is 37.8 Å². The van der Waals surface area contributed by atoms with Gasteiger partial charge in [0.2, 0.25) is 5.91 Å². The first kappa shape index (κ1) is 15.9. The van der Waals surface area contributed by atoms with Gasteiger partial charge in [-0.2, -0.15) is 0 Å². The van der Waals surface area contributed by atoms with Crippen LogP contribution in [0.3, 0.4) is 0 Å². The minimum Gasteiger partial charge on any atom is -0.373 e. The number of rotatable bonds is 7. The molecule has 0 bridgehead atoms. The van der Waals surface area contributed by atoms with E-state index in [2.05, 4.69) is 20.9 Å². The maximum absolute atomic E-state index is 12.0. The SMILES string of the molecule is CCNC(=O)CCNC(=O)c1cc(CC)nc(NC)c1. The Labute approximate surface area is 119 Å². The molecule has 1 heterocycles. The number of carbonyl (C=O) groups is 2. The molecule has 0 unspecified atom stereocenters. The van der Waals surface area contributed by atoms with Crippen LogP contribution in [0.15, 0.2) is 12.1 Å². The molecule has 0 saturated heterocycles. The number of pyridine rings is 1. The van der Waals surface area contributed by atoms with E-state index in [1.807, 2.05) is 13.8 Å². The summed E-state index contributed by atoms with van der Waals surface area (Å²) < 4.78 is 0. The van der Waals surface area contributed by atoms with E-state index in [1.54, 1.807) is 19.2 Å². The van der Waals surface area contributed by atoms with Crippen molar-refractivity contribution in [2.45, 2.75) is 26.7 Å². The smallest absolute Gasteiger partial charge is 0.251 e. The molecule has 0 aliphatic heterocycles. The number of nitrogens with one attached hydrogen (secondary N) is 3. The van der Waals surface area contributed by atoms with E-state index in [1.165, 1.54) is 0 Å². The predicted octanol–water partition coefficient (Wildman–Crippen LogP) is 0.942. The molecule has 3 N–H and O–H groups in total. The van der Waals surface area contributed by atoms with Crippen LogP contribution in [0.2, 0.25) is 0 Å². The minimum atomic E-state index is -0.192. The van der Waals surface area contributed by atoms with Crippen LogP contribution < -0.4 is 16.0 Å². The molecule has 2 amide bonds. The second-order valence-corrected chi connectivity index (χ2v) is 4.30. The van der Waals surface area contributed by atoms with Gasteiger partial charge in [0.25, 0.3) is 5.91 Å². The van der Waals surface area contributed by atoms with E-state index in [9.17, 15) is 9.59 Å². The molecule has 1 aromatic heterocycles. The molecule has 0 aromatic carbocycles. The lowest BCUT2D eigenvalue weighted by Gasteiger charge is -2.08. The highest BCUT2D eigenvalue weighted by Crippen LogP contribution is 2.10. The Balaban J connectivity index is 2.60. The summed E-state index contributed by atoms with van der Waals surface area (Å²) in [6.07, 6.45) is 1.04. The van der Waals surface area contributed by atoms with Crippen LogP contribution in [-0.2, 0) is 11.2 Å². The van der Waals surface area contributed by atoms with Crippen LogP contribution in [0.1, 0.15) is 36.3 Å². The van der Waals surface area contributed by atoms with Gasteiger partial charge in [0.1, 0.15) is 5.82 Å². The number of anilines is 1. The van der Waals surface area contributed by atoms with E-state index < -0.39 is 0 Å². The molecule has 0 radical (unpaired) electrons. The first-order chi connectivity index (χ1) is 9.60. The molecule has 20 heavy (non-hydrogen) atoms. The zero-order valence-electron chi connectivity index (χ0n) is 12.2. The molecule has 1 rings (SSSR count). The molecule has 110 valence electrons. The zero-order chi connectivity index (χ0) is 15.0.